The van der Waals surface area contributed by atoms with E-state index in [1.807, 2.05) is 0 Å². The third-order valence-electron chi connectivity index (χ3n) is 4.36. The highest BCUT2D eigenvalue weighted by atomic mass is 16.4. The summed E-state index contributed by atoms with van der Waals surface area (Å²) in [4.78, 5) is 22.8. The highest BCUT2D eigenvalue weighted by Crippen LogP contribution is 2.37. The Hall–Kier alpha value is -1.96. The summed E-state index contributed by atoms with van der Waals surface area (Å²) in [5, 5.41) is 22.4. The summed E-state index contributed by atoms with van der Waals surface area (Å²) < 4.78 is 1.24. The van der Waals surface area contributed by atoms with E-state index in [1.54, 1.807) is 0 Å². The number of carbonyl (C=O) groups is 2. The van der Waals surface area contributed by atoms with E-state index < -0.39 is 5.97 Å². The number of carboxylic acid groups (broad SMARTS) is 1. The predicted octanol–water partition coefficient (Wildman–Crippen LogP) is -0.633. The molecule has 0 radical (unpaired) electrons. The highest BCUT2D eigenvalue weighted by molar-refractivity contribution is 5.82. The molecule has 2 heterocycles. The zero-order chi connectivity index (χ0) is 14.8. The minimum atomic E-state index is -0.974. The Morgan fingerprint density at radius 2 is 2.33 bits per heavy atom. The number of nitrogens with one attached hydrogen (secondary N) is 2. The molecule has 2 aliphatic rings. The van der Waals surface area contributed by atoms with Crippen molar-refractivity contribution in [1.82, 2.24) is 25.6 Å². The second-order valence-corrected chi connectivity index (χ2v) is 5.76. The summed E-state index contributed by atoms with van der Waals surface area (Å²) in [5.41, 5.74) is 0.561. The van der Waals surface area contributed by atoms with E-state index in [2.05, 4.69) is 20.9 Å². The Morgan fingerprint density at radius 1 is 1.48 bits per heavy atom. The lowest BCUT2D eigenvalue weighted by atomic mass is 9.93. The lowest BCUT2D eigenvalue weighted by molar-refractivity contribution is -0.138. The van der Waals surface area contributed by atoms with E-state index in [1.165, 1.54) is 23.7 Å². The van der Waals surface area contributed by atoms with Crippen LogP contribution in [0.15, 0.2) is 6.20 Å². The van der Waals surface area contributed by atoms with Crippen molar-refractivity contribution >= 4 is 11.9 Å². The molecule has 3 unspecified atom stereocenters. The van der Waals surface area contributed by atoms with Gasteiger partial charge in [-0.05, 0) is 31.2 Å². The van der Waals surface area contributed by atoms with Crippen LogP contribution in [0.1, 0.15) is 25.0 Å². The SMILES string of the molecule is O=C(O)Cn1cc(CNC(=O)C2NCC3CCCC32)nn1. The fraction of sp³-hybridized carbons (Fsp3) is 0.692. The molecule has 8 heteroatoms. The van der Waals surface area contributed by atoms with E-state index in [9.17, 15) is 9.59 Å². The van der Waals surface area contributed by atoms with E-state index in [4.69, 9.17) is 5.11 Å². The number of carbonyl (C=O) groups excluding carboxylic acids is 1. The summed E-state index contributed by atoms with van der Waals surface area (Å²) in [6, 6.07) is -0.105. The second kappa shape index (κ2) is 5.80. The van der Waals surface area contributed by atoms with Crippen LogP contribution in [0, 0.1) is 11.8 Å². The Balaban J connectivity index is 1.51. The van der Waals surface area contributed by atoms with Crippen LogP contribution >= 0.6 is 0 Å². The van der Waals surface area contributed by atoms with Gasteiger partial charge in [0.2, 0.25) is 5.91 Å². The molecular formula is C13H19N5O3. The van der Waals surface area contributed by atoms with Crippen LogP contribution in [0.3, 0.4) is 0 Å². The van der Waals surface area contributed by atoms with Crippen molar-refractivity contribution in [3.05, 3.63) is 11.9 Å². The molecule has 2 fully saturated rings. The molecule has 1 saturated heterocycles. The molecule has 3 rings (SSSR count). The summed E-state index contributed by atoms with van der Waals surface area (Å²) in [7, 11) is 0. The maximum atomic E-state index is 12.2. The summed E-state index contributed by atoms with van der Waals surface area (Å²) in [6.07, 6.45) is 5.08. The van der Waals surface area contributed by atoms with Gasteiger partial charge in [-0.2, -0.15) is 0 Å². The molecule has 1 amide bonds. The van der Waals surface area contributed by atoms with Gasteiger partial charge in [-0.25, -0.2) is 4.68 Å². The van der Waals surface area contributed by atoms with E-state index >= 15 is 0 Å². The lowest BCUT2D eigenvalue weighted by Gasteiger charge is -2.17. The zero-order valence-corrected chi connectivity index (χ0v) is 11.7. The number of aliphatic carboxylic acids is 1. The van der Waals surface area contributed by atoms with Crippen LogP contribution in [0.2, 0.25) is 0 Å². The normalized spacial score (nSPS) is 27.5. The van der Waals surface area contributed by atoms with Crippen molar-refractivity contribution in [2.45, 2.75) is 38.4 Å². The van der Waals surface area contributed by atoms with Gasteiger partial charge in [0.25, 0.3) is 0 Å². The fourth-order valence-electron chi connectivity index (χ4n) is 3.40. The minimum Gasteiger partial charge on any atom is -0.480 e. The molecule has 1 aliphatic heterocycles. The topological polar surface area (TPSA) is 109 Å². The van der Waals surface area contributed by atoms with Crippen molar-refractivity contribution in [2.24, 2.45) is 11.8 Å². The highest BCUT2D eigenvalue weighted by Gasteiger charge is 2.42. The second-order valence-electron chi connectivity index (χ2n) is 5.76. The van der Waals surface area contributed by atoms with Crippen molar-refractivity contribution in [3.63, 3.8) is 0 Å². The van der Waals surface area contributed by atoms with Crippen molar-refractivity contribution in [3.8, 4) is 0 Å². The first kappa shape index (κ1) is 14.0. The van der Waals surface area contributed by atoms with E-state index in [-0.39, 0.29) is 25.0 Å². The molecule has 1 saturated carbocycles. The van der Waals surface area contributed by atoms with Crippen LogP contribution in [0.4, 0.5) is 0 Å². The number of hydrogen-bond donors (Lipinski definition) is 3. The first-order chi connectivity index (χ1) is 10.1. The van der Waals surface area contributed by atoms with Gasteiger partial charge in [0.15, 0.2) is 0 Å². The molecule has 0 aromatic carbocycles. The Bertz CT molecular complexity index is 544. The van der Waals surface area contributed by atoms with Crippen molar-refractivity contribution < 1.29 is 14.7 Å². The molecule has 1 aromatic rings. The van der Waals surface area contributed by atoms with Gasteiger partial charge >= 0.3 is 5.97 Å². The molecule has 1 aromatic heterocycles. The fourth-order valence-corrected chi connectivity index (χ4v) is 3.40. The van der Waals surface area contributed by atoms with Gasteiger partial charge in [-0.15, -0.1) is 5.10 Å². The largest absolute Gasteiger partial charge is 0.480 e. The number of amides is 1. The third kappa shape index (κ3) is 3.05. The average Bonchev–Trinajstić information content (AvgIpc) is 3.10. The number of carboxylic acids is 1. The molecule has 3 atom stereocenters. The lowest BCUT2D eigenvalue weighted by Crippen LogP contribution is -2.43. The summed E-state index contributed by atoms with van der Waals surface area (Å²) >= 11 is 0. The number of nitrogens with zero attached hydrogens (tertiary/aromatic N) is 3. The molecule has 1 aliphatic carbocycles. The Morgan fingerprint density at radius 3 is 3.14 bits per heavy atom. The van der Waals surface area contributed by atoms with Crippen LogP contribution in [-0.2, 0) is 22.7 Å². The number of fused-ring (bicyclic) bond motifs is 1. The monoisotopic (exact) mass is 293 g/mol. The van der Waals surface area contributed by atoms with Crippen LogP contribution in [0.5, 0.6) is 0 Å². The third-order valence-corrected chi connectivity index (χ3v) is 4.36. The quantitative estimate of drug-likeness (QED) is 0.667. The van der Waals surface area contributed by atoms with Crippen molar-refractivity contribution in [1.29, 1.82) is 0 Å². The number of hydrogen-bond acceptors (Lipinski definition) is 5. The average molecular weight is 293 g/mol. The first-order valence-corrected chi connectivity index (χ1v) is 7.25. The van der Waals surface area contributed by atoms with Crippen LogP contribution in [-0.4, -0.2) is 44.6 Å². The van der Waals surface area contributed by atoms with E-state index in [0.29, 0.717) is 17.5 Å². The van der Waals surface area contributed by atoms with Gasteiger partial charge in [0, 0.05) is 0 Å². The van der Waals surface area contributed by atoms with Crippen molar-refractivity contribution in [2.75, 3.05) is 6.54 Å². The molecule has 8 nitrogen and oxygen atoms in total. The molecule has 21 heavy (non-hydrogen) atoms. The van der Waals surface area contributed by atoms with Gasteiger partial charge in [-0.3, -0.25) is 9.59 Å². The molecule has 0 bridgehead atoms. The smallest absolute Gasteiger partial charge is 0.325 e. The van der Waals surface area contributed by atoms with E-state index in [0.717, 1.165) is 13.0 Å². The molecule has 3 N–H and O–H groups in total. The Labute approximate surface area is 121 Å². The standard InChI is InChI=1S/C13H19N5O3/c19-11(20)7-18-6-9(16-17-18)5-15-13(21)12-10-3-1-2-8(10)4-14-12/h6,8,10,12,14H,1-5,7H2,(H,15,21)(H,19,20). The Kier molecular flexibility index (Phi) is 3.87. The summed E-state index contributed by atoms with van der Waals surface area (Å²) in [5.74, 6) is 0.111. The maximum absolute atomic E-state index is 12.2. The zero-order valence-electron chi connectivity index (χ0n) is 11.7. The number of aromatic nitrogens is 3. The van der Waals surface area contributed by atoms with Crippen LogP contribution in [0.25, 0.3) is 0 Å². The van der Waals surface area contributed by atoms with Gasteiger partial charge in [0.05, 0.1) is 18.8 Å². The number of rotatable bonds is 5. The minimum absolute atomic E-state index is 0.00261. The molecule has 0 spiro atoms. The van der Waals surface area contributed by atoms with Gasteiger partial charge in [-0.1, -0.05) is 11.6 Å². The van der Waals surface area contributed by atoms with Gasteiger partial charge in [0.1, 0.15) is 12.2 Å². The molecule has 114 valence electrons. The maximum Gasteiger partial charge on any atom is 0.325 e. The molecular weight excluding hydrogens is 274 g/mol. The van der Waals surface area contributed by atoms with Crippen LogP contribution < -0.4 is 10.6 Å². The van der Waals surface area contributed by atoms with Gasteiger partial charge < -0.3 is 15.7 Å². The summed E-state index contributed by atoms with van der Waals surface area (Å²) in [6.45, 7) is 0.973. The predicted molar refractivity (Wildman–Crippen MR) is 72.1 cm³/mol. The first-order valence-electron chi connectivity index (χ1n) is 7.25.